The van der Waals surface area contributed by atoms with E-state index in [2.05, 4.69) is 31.0 Å². The molecule has 1 fully saturated rings. The van der Waals surface area contributed by atoms with E-state index < -0.39 is 0 Å². The molecule has 0 spiro atoms. The maximum atomic E-state index is 4.70. The largest absolute Gasteiger partial charge is 0.345 e. The van der Waals surface area contributed by atoms with E-state index in [1.807, 2.05) is 18.4 Å². The van der Waals surface area contributed by atoms with Crippen LogP contribution in [-0.4, -0.2) is 24.6 Å². The van der Waals surface area contributed by atoms with Gasteiger partial charge in [0.1, 0.15) is 0 Å². The molecule has 0 aromatic carbocycles. The van der Waals surface area contributed by atoms with Crippen LogP contribution in [0.2, 0.25) is 0 Å². The van der Waals surface area contributed by atoms with Crippen molar-refractivity contribution < 1.29 is 0 Å². The van der Waals surface area contributed by atoms with Crippen LogP contribution in [0.25, 0.3) is 0 Å². The molecular weight excluding hydrogens is 218 g/mol. The van der Waals surface area contributed by atoms with Gasteiger partial charge in [-0.25, -0.2) is 4.98 Å². The molecule has 4 heteroatoms. The third kappa shape index (κ3) is 2.23. The Bertz CT molecular complexity index is 361. The third-order valence-electron chi connectivity index (χ3n) is 3.25. The Hall–Kier alpha value is -0.610. The van der Waals surface area contributed by atoms with E-state index in [4.69, 9.17) is 4.98 Å². The van der Waals surface area contributed by atoms with E-state index in [1.165, 1.54) is 22.1 Å². The molecule has 1 N–H and O–H groups in total. The molecule has 1 aliphatic heterocycles. The van der Waals surface area contributed by atoms with Crippen LogP contribution in [0.1, 0.15) is 30.8 Å². The minimum Gasteiger partial charge on any atom is -0.345 e. The van der Waals surface area contributed by atoms with Crippen molar-refractivity contribution in [1.29, 1.82) is 0 Å². The Morgan fingerprint density at radius 1 is 1.50 bits per heavy atom. The number of aromatic nitrogens is 1. The lowest BCUT2D eigenvalue weighted by molar-refractivity contribution is 0.625. The fourth-order valence-corrected chi connectivity index (χ4v) is 3.61. The molecule has 1 aromatic rings. The first-order valence-corrected chi connectivity index (χ1v) is 6.81. The molecule has 2 heterocycles. The summed E-state index contributed by atoms with van der Waals surface area (Å²) in [6, 6.07) is 0.642. The van der Waals surface area contributed by atoms with Crippen LogP contribution < -0.4 is 10.2 Å². The van der Waals surface area contributed by atoms with Gasteiger partial charge in [0, 0.05) is 24.0 Å². The van der Waals surface area contributed by atoms with Gasteiger partial charge in [0.05, 0.1) is 5.69 Å². The summed E-state index contributed by atoms with van der Waals surface area (Å²) in [6.45, 7) is 8.83. The Morgan fingerprint density at radius 2 is 2.25 bits per heavy atom. The number of nitrogens with one attached hydrogen (secondary N) is 1. The Labute approximate surface area is 102 Å². The van der Waals surface area contributed by atoms with Gasteiger partial charge in [-0.05, 0) is 33.2 Å². The Morgan fingerprint density at radius 3 is 2.81 bits per heavy atom. The van der Waals surface area contributed by atoms with E-state index in [0.717, 1.165) is 19.0 Å². The summed E-state index contributed by atoms with van der Waals surface area (Å²) in [5.74, 6) is 0.798. The molecule has 3 nitrogen and oxygen atoms in total. The van der Waals surface area contributed by atoms with E-state index in [1.54, 1.807) is 0 Å². The molecule has 16 heavy (non-hydrogen) atoms. The fraction of sp³-hybridized carbons (Fsp3) is 0.750. The predicted octanol–water partition coefficient (Wildman–Crippen LogP) is 2.41. The van der Waals surface area contributed by atoms with Crippen LogP contribution in [0, 0.1) is 12.8 Å². The maximum Gasteiger partial charge on any atom is 0.186 e. The van der Waals surface area contributed by atoms with Crippen molar-refractivity contribution in [2.75, 3.05) is 18.5 Å². The number of hydrogen-bond donors (Lipinski definition) is 1. The summed E-state index contributed by atoms with van der Waals surface area (Å²) in [5, 5.41) is 4.41. The topological polar surface area (TPSA) is 28.2 Å². The molecule has 2 unspecified atom stereocenters. The summed E-state index contributed by atoms with van der Waals surface area (Å²) in [7, 11) is 1.99. The van der Waals surface area contributed by atoms with Crippen LogP contribution in [0.15, 0.2) is 0 Å². The second kappa shape index (κ2) is 4.72. The zero-order valence-electron chi connectivity index (χ0n) is 10.6. The summed E-state index contributed by atoms with van der Waals surface area (Å²) >= 11 is 1.84. The monoisotopic (exact) mass is 239 g/mol. The molecule has 0 bridgehead atoms. The molecule has 2 atom stereocenters. The van der Waals surface area contributed by atoms with Gasteiger partial charge in [0.2, 0.25) is 0 Å². The highest BCUT2D eigenvalue weighted by molar-refractivity contribution is 7.15. The molecular formula is C12H21N3S. The highest BCUT2D eigenvalue weighted by Gasteiger charge is 2.28. The molecule has 1 saturated heterocycles. The van der Waals surface area contributed by atoms with Gasteiger partial charge < -0.3 is 10.2 Å². The van der Waals surface area contributed by atoms with Gasteiger partial charge in [-0.1, -0.05) is 6.92 Å². The summed E-state index contributed by atoms with van der Waals surface area (Å²) in [6.07, 6.45) is 1.29. The highest BCUT2D eigenvalue weighted by atomic mass is 32.1. The van der Waals surface area contributed by atoms with E-state index in [0.29, 0.717) is 6.04 Å². The van der Waals surface area contributed by atoms with Crippen molar-refractivity contribution in [2.24, 2.45) is 5.92 Å². The minimum absolute atomic E-state index is 0.642. The van der Waals surface area contributed by atoms with Crippen LogP contribution >= 0.6 is 11.3 Å². The average Bonchev–Trinajstić information content (AvgIpc) is 2.72. The minimum atomic E-state index is 0.642. The normalized spacial score (nSPS) is 25.4. The molecule has 1 aromatic heterocycles. The fourth-order valence-electron chi connectivity index (χ4n) is 2.43. The van der Waals surface area contributed by atoms with Gasteiger partial charge in [0.15, 0.2) is 5.13 Å². The van der Waals surface area contributed by atoms with Crippen molar-refractivity contribution in [2.45, 2.75) is 39.8 Å². The number of rotatable bonds is 3. The van der Waals surface area contributed by atoms with Gasteiger partial charge in [-0.15, -0.1) is 11.3 Å². The van der Waals surface area contributed by atoms with Gasteiger partial charge in [0.25, 0.3) is 0 Å². The first kappa shape index (κ1) is 11.9. The summed E-state index contributed by atoms with van der Waals surface area (Å²) < 4.78 is 0. The first-order valence-electron chi connectivity index (χ1n) is 5.99. The lowest BCUT2D eigenvalue weighted by Crippen LogP contribution is -2.26. The van der Waals surface area contributed by atoms with Crippen molar-refractivity contribution in [1.82, 2.24) is 10.3 Å². The molecule has 90 valence electrons. The number of nitrogens with zero attached hydrogens (tertiary/aromatic N) is 2. The third-order valence-corrected chi connectivity index (χ3v) is 4.44. The van der Waals surface area contributed by atoms with E-state index in [9.17, 15) is 0 Å². The van der Waals surface area contributed by atoms with Crippen molar-refractivity contribution in [3.8, 4) is 0 Å². The number of aryl methyl sites for hydroxylation is 1. The van der Waals surface area contributed by atoms with E-state index >= 15 is 0 Å². The number of hydrogen-bond acceptors (Lipinski definition) is 4. The number of anilines is 1. The predicted molar refractivity (Wildman–Crippen MR) is 70.2 cm³/mol. The lowest BCUT2D eigenvalue weighted by Gasteiger charge is -2.19. The second-order valence-electron chi connectivity index (χ2n) is 4.88. The van der Waals surface area contributed by atoms with Gasteiger partial charge in [-0.3, -0.25) is 0 Å². The summed E-state index contributed by atoms with van der Waals surface area (Å²) in [5.41, 5.74) is 1.18. The molecule has 0 saturated carbocycles. The van der Waals surface area contributed by atoms with Gasteiger partial charge in [-0.2, -0.15) is 0 Å². The van der Waals surface area contributed by atoms with Crippen LogP contribution in [-0.2, 0) is 6.54 Å². The smallest absolute Gasteiger partial charge is 0.186 e. The lowest BCUT2D eigenvalue weighted by atomic mass is 10.1. The Kier molecular flexibility index (Phi) is 3.50. The standard InChI is InChI=1S/C12H21N3S/c1-8-5-9(2)15(7-8)12-14-10(3)11(16-12)6-13-4/h8-9,13H,5-7H2,1-4H3. The zero-order chi connectivity index (χ0) is 11.7. The number of thiazole rings is 1. The molecule has 0 aliphatic carbocycles. The molecule has 2 rings (SSSR count). The zero-order valence-corrected chi connectivity index (χ0v) is 11.4. The van der Waals surface area contributed by atoms with Crippen molar-refractivity contribution in [3.05, 3.63) is 10.6 Å². The molecule has 1 aliphatic rings. The van der Waals surface area contributed by atoms with Crippen LogP contribution in [0.5, 0.6) is 0 Å². The second-order valence-corrected chi connectivity index (χ2v) is 5.94. The van der Waals surface area contributed by atoms with Crippen LogP contribution in [0.3, 0.4) is 0 Å². The quantitative estimate of drug-likeness (QED) is 0.878. The first-order chi connectivity index (χ1) is 7.61. The molecule has 0 amide bonds. The van der Waals surface area contributed by atoms with Crippen molar-refractivity contribution in [3.63, 3.8) is 0 Å². The Balaban J connectivity index is 2.17. The van der Waals surface area contributed by atoms with Gasteiger partial charge >= 0.3 is 0 Å². The van der Waals surface area contributed by atoms with E-state index in [-0.39, 0.29) is 0 Å². The highest BCUT2D eigenvalue weighted by Crippen LogP contribution is 2.33. The molecule has 0 radical (unpaired) electrons. The van der Waals surface area contributed by atoms with Crippen molar-refractivity contribution >= 4 is 16.5 Å². The average molecular weight is 239 g/mol. The summed E-state index contributed by atoms with van der Waals surface area (Å²) in [4.78, 5) is 8.53. The van der Waals surface area contributed by atoms with Crippen LogP contribution in [0.4, 0.5) is 5.13 Å². The maximum absolute atomic E-state index is 4.70. The SMILES string of the molecule is CNCc1sc(N2CC(C)CC2C)nc1C.